The Morgan fingerprint density at radius 2 is 1.86 bits per heavy atom. The minimum atomic E-state index is -4.57. The van der Waals surface area contributed by atoms with E-state index in [0.717, 1.165) is 17.8 Å². The van der Waals surface area contributed by atoms with Crippen molar-refractivity contribution in [3.8, 4) is 11.4 Å². The Kier molecular flexibility index (Phi) is 5.43. The molecule has 0 aliphatic carbocycles. The van der Waals surface area contributed by atoms with Gasteiger partial charge in [0.2, 0.25) is 17.6 Å². The van der Waals surface area contributed by atoms with Crippen molar-refractivity contribution < 1.29 is 22.5 Å². The number of alkyl halides is 3. The summed E-state index contributed by atoms with van der Waals surface area (Å²) < 4.78 is 43.5. The minimum Gasteiger partial charge on any atom is -0.344 e. The van der Waals surface area contributed by atoms with Gasteiger partial charge >= 0.3 is 6.18 Å². The number of benzene rings is 1. The van der Waals surface area contributed by atoms with Crippen LogP contribution in [0.5, 0.6) is 0 Å². The van der Waals surface area contributed by atoms with Gasteiger partial charge in [0, 0.05) is 11.8 Å². The molecule has 0 spiro atoms. The van der Waals surface area contributed by atoms with Crippen LogP contribution in [0.3, 0.4) is 0 Å². The molecule has 0 saturated carbocycles. The van der Waals surface area contributed by atoms with Crippen LogP contribution >= 0.6 is 0 Å². The van der Waals surface area contributed by atoms with E-state index in [2.05, 4.69) is 20.4 Å². The van der Waals surface area contributed by atoms with Crippen molar-refractivity contribution in [2.75, 3.05) is 0 Å². The lowest BCUT2D eigenvalue weighted by atomic mass is 10.0. The van der Waals surface area contributed by atoms with Crippen LogP contribution < -0.4 is 5.32 Å². The van der Waals surface area contributed by atoms with Crippen molar-refractivity contribution in [1.82, 2.24) is 20.4 Å². The van der Waals surface area contributed by atoms with Gasteiger partial charge in [-0.25, -0.2) is 0 Å². The summed E-state index contributed by atoms with van der Waals surface area (Å²) in [7, 11) is 0. The van der Waals surface area contributed by atoms with Gasteiger partial charge in [0.05, 0.1) is 5.92 Å². The highest BCUT2D eigenvalue weighted by atomic mass is 19.4. The van der Waals surface area contributed by atoms with Gasteiger partial charge in [-0.3, -0.25) is 9.78 Å². The number of rotatable bonds is 5. The summed E-state index contributed by atoms with van der Waals surface area (Å²) in [5.74, 6) is -0.545. The Morgan fingerprint density at radius 3 is 2.54 bits per heavy atom. The summed E-state index contributed by atoms with van der Waals surface area (Å²) in [6.07, 6.45) is -3.54. The molecular weight excluding hydrogens is 373 g/mol. The van der Waals surface area contributed by atoms with Crippen LogP contribution in [0.15, 0.2) is 53.2 Å². The van der Waals surface area contributed by atoms with Crippen LogP contribution in [0.25, 0.3) is 11.4 Å². The fourth-order valence-corrected chi connectivity index (χ4v) is 2.55. The highest BCUT2D eigenvalue weighted by molar-refractivity contribution is 5.83. The van der Waals surface area contributed by atoms with E-state index >= 15 is 0 Å². The van der Waals surface area contributed by atoms with Crippen molar-refractivity contribution in [3.05, 3.63) is 65.8 Å². The molecule has 0 saturated heterocycles. The van der Waals surface area contributed by atoms with E-state index in [1.807, 2.05) is 30.3 Å². The number of pyridine rings is 1. The zero-order valence-corrected chi connectivity index (χ0v) is 15.1. The zero-order valence-electron chi connectivity index (χ0n) is 15.1. The summed E-state index contributed by atoms with van der Waals surface area (Å²) in [6, 6.07) is 10.8. The number of aromatic nitrogens is 3. The number of nitrogens with one attached hydrogen (secondary N) is 1. The molecule has 0 fully saturated rings. The fourth-order valence-electron chi connectivity index (χ4n) is 2.55. The number of hydrogen-bond acceptors (Lipinski definition) is 5. The second-order valence-corrected chi connectivity index (χ2v) is 6.25. The maximum absolute atomic E-state index is 12.8. The van der Waals surface area contributed by atoms with Gasteiger partial charge in [-0.1, -0.05) is 35.5 Å². The van der Waals surface area contributed by atoms with E-state index in [1.165, 1.54) is 6.07 Å². The number of halogens is 3. The SMILES string of the molecule is C[C@H](NC(=O)[C@H](C)c1ccccc1)c1nc(-c2ccnc(C(F)(F)F)c2)no1. The molecule has 9 heteroatoms. The van der Waals surface area contributed by atoms with Gasteiger partial charge < -0.3 is 9.84 Å². The first-order chi connectivity index (χ1) is 13.3. The molecule has 2 heterocycles. The summed E-state index contributed by atoms with van der Waals surface area (Å²) in [4.78, 5) is 19.8. The Hall–Kier alpha value is -3.23. The third-order valence-electron chi connectivity index (χ3n) is 4.17. The largest absolute Gasteiger partial charge is 0.433 e. The Bertz CT molecular complexity index is 957. The molecule has 0 radical (unpaired) electrons. The van der Waals surface area contributed by atoms with Crippen molar-refractivity contribution in [1.29, 1.82) is 0 Å². The van der Waals surface area contributed by atoms with E-state index in [-0.39, 0.29) is 29.1 Å². The van der Waals surface area contributed by atoms with E-state index in [0.29, 0.717) is 0 Å². The standard InChI is InChI=1S/C19H17F3N4O2/c1-11(13-6-4-3-5-7-13)17(27)24-12(2)18-25-16(26-28-18)14-8-9-23-15(10-14)19(20,21)22/h3-12H,1-2H3,(H,24,27)/t11-,12+/m1/s1. The van der Waals surface area contributed by atoms with E-state index < -0.39 is 17.9 Å². The first-order valence-electron chi connectivity index (χ1n) is 8.48. The van der Waals surface area contributed by atoms with Crippen LogP contribution in [0.4, 0.5) is 13.2 Å². The molecule has 1 N–H and O–H groups in total. The molecule has 3 rings (SSSR count). The van der Waals surface area contributed by atoms with E-state index in [1.54, 1.807) is 13.8 Å². The van der Waals surface area contributed by atoms with Crippen LogP contribution in [-0.4, -0.2) is 21.0 Å². The minimum absolute atomic E-state index is 0.0138. The summed E-state index contributed by atoms with van der Waals surface area (Å²) in [6.45, 7) is 3.42. The van der Waals surface area contributed by atoms with Gasteiger partial charge in [0.25, 0.3) is 0 Å². The molecule has 1 amide bonds. The first-order valence-corrected chi connectivity index (χ1v) is 8.48. The van der Waals surface area contributed by atoms with Gasteiger partial charge in [0.15, 0.2) is 0 Å². The molecular formula is C19H17F3N4O2. The third-order valence-corrected chi connectivity index (χ3v) is 4.17. The molecule has 0 aliphatic heterocycles. The number of carbonyl (C=O) groups excluding carboxylic acids is 1. The molecule has 0 aliphatic rings. The predicted octanol–water partition coefficient (Wildman–Crippen LogP) is 4.13. The molecule has 2 atom stereocenters. The maximum atomic E-state index is 12.8. The number of carbonyl (C=O) groups is 1. The third kappa shape index (κ3) is 4.36. The monoisotopic (exact) mass is 390 g/mol. The molecule has 0 bridgehead atoms. The second kappa shape index (κ2) is 7.79. The Labute approximate surface area is 158 Å². The van der Waals surface area contributed by atoms with Crippen LogP contribution in [-0.2, 0) is 11.0 Å². The number of nitrogens with zero attached hydrogens (tertiary/aromatic N) is 3. The smallest absolute Gasteiger partial charge is 0.344 e. The topological polar surface area (TPSA) is 80.9 Å². The van der Waals surface area contributed by atoms with Gasteiger partial charge in [-0.15, -0.1) is 0 Å². The lowest BCUT2D eigenvalue weighted by Crippen LogP contribution is -2.30. The Balaban J connectivity index is 1.72. The van der Waals surface area contributed by atoms with Gasteiger partial charge in [-0.2, -0.15) is 18.2 Å². The van der Waals surface area contributed by atoms with Gasteiger partial charge in [0.1, 0.15) is 11.7 Å². The normalized spacial score (nSPS) is 13.8. The summed E-state index contributed by atoms with van der Waals surface area (Å²) in [5.41, 5.74) is -0.0715. The second-order valence-electron chi connectivity index (χ2n) is 6.25. The summed E-state index contributed by atoms with van der Waals surface area (Å²) >= 11 is 0. The molecule has 146 valence electrons. The van der Waals surface area contributed by atoms with E-state index in [4.69, 9.17) is 4.52 Å². The number of amides is 1. The highest BCUT2D eigenvalue weighted by Gasteiger charge is 2.33. The summed E-state index contributed by atoms with van der Waals surface area (Å²) in [5, 5.41) is 6.48. The molecule has 1 aromatic carbocycles. The quantitative estimate of drug-likeness (QED) is 0.708. The zero-order chi connectivity index (χ0) is 20.3. The lowest BCUT2D eigenvalue weighted by molar-refractivity contribution is -0.141. The van der Waals surface area contributed by atoms with Crippen molar-refractivity contribution in [3.63, 3.8) is 0 Å². The van der Waals surface area contributed by atoms with E-state index in [9.17, 15) is 18.0 Å². The van der Waals surface area contributed by atoms with Crippen molar-refractivity contribution >= 4 is 5.91 Å². The average Bonchev–Trinajstić information content (AvgIpc) is 3.18. The predicted molar refractivity (Wildman–Crippen MR) is 93.9 cm³/mol. The number of hydrogen-bond donors (Lipinski definition) is 1. The van der Waals surface area contributed by atoms with Crippen LogP contribution in [0.1, 0.15) is 43.0 Å². The molecule has 3 aromatic rings. The highest BCUT2D eigenvalue weighted by Crippen LogP contribution is 2.30. The van der Waals surface area contributed by atoms with Crippen LogP contribution in [0.2, 0.25) is 0 Å². The molecule has 2 aromatic heterocycles. The molecule has 0 unspecified atom stereocenters. The first kappa shape index (κ1) is 19.5. The fraction of sp³-hybridized carbons (Fsp3) is 0.263. The lowest BCUT2D eigenvalue weighted by Gasteiger charge is -2.15. The maximum Gasteiger partial charge on any atom is 0.433 e. The molecule has 28 heavy (non-hydrogen) atoms. The van der Waals surface area contributed by atoms with Crippen LogP contribution in [0, 0.1) is 0 Å². The Morgan fingerprint density at radius 1 is 1.14 bits per heavy atom. The average molecular weight is 390 g/mol. The van der Waals surface area contributed by atoms with Gasteiger partial charge in [-0.05, 0) is 31.5 Å². The van der Waals surface area contributed by atoms with Crippen molar-refractivity contribution in [2.45, 2.75) is 32.0 Å². The molecule has 6 nitrogen and oxygen atoms in total. The van der Waals surface area contributed by atoms with Crippen molar-refractivity contribution in [2.24, 2.45) is 0 Å².